The summed E-state index contributed by atoms with van der Waals surface area (Å²) in [7, 11) is 0. The number of aromatic carboxylic acids is 1. The molecule has 1 amide bonds. The second kappa shape index (κ2) is 7.19. The highest BCUT2D eigenvalue weighted by Crippen LogP contribution is 2.39. The monoisotopic (exact) mass is 427 g/mol. The molecule has 1 aromatic heterocycles. The Labute approximate surface area is 158 Å². The Kier molecular flexibility index (Phi) is 5.56. The summed E-state index contributed by atoms with van der Waals surface area (Å²) in [5.74, 6) is -2.43. The van der Waals surface area contributed by atoms with Crippen LogP contribution in [0.2, 0.25) is 0 Å². The fraction of sp³-hybridized carbons (Fsp3) is 0.529. The number of rotatable bonds is 2. The van der Waals surface area contributed by atoms with E-state index in [1.165, 1.54) is 4.90 Å². The zero-order chi connectivity index (χ0) is 19.7. The number of hydrogen-bond acceptors (Lipinski definition) is 5. The largest absolute Gasteiger partial charge is 0.478 e. The van der Waals surface area contributed by atoms with Gasteiger partial charge in [0, 0.05) is 13.1 Å². The molecule has 7 nitrogen and oxygen atoms in total. The number of hydrogen-bond donors (Lipinski definition) is 1. The SMILES string of the molecule is CC(C)(C)OC(=O)N1CCC(C#N)(c2ncc(F)c(C(=O)O)c2Br)CC1. The number of likely N-dealkylation sites (tertiary alicyclic amines) is 1. The first-order chi connectivity index (χ1) is 12.0. The maximum Gasteiger partial charge on any atom is 0.410 e. The molecule has 1 aliphatic rings. The van der Waals surface area contributed by atoms with Gasteiger partial charge in [0.15, 0.2) is 5.82 Å². The van der Waals surface area contributed by atoms with Crippen LogP contribution in [0.4, 0.5) is 9.18 Å². The number of nitriles is 1. The number of carboxylic acids is 1. The molecular formula is C17H19BrFN3O4. The number of carbonyl (C=O) groups is 2. The average Bonchev–Trinajstić information content (AvgIpc) is 2.53. The van der Waals surface area contributed by atoms with Crippen LogP contribution >= 0.6 is 15.9 Å². The van der Waals surface area contributed by atoms with E-state index in [9.17, 15) is 24.3 Å². The molecule has 0 unspecified atom stereocenters. The molecule has 1 N–H and O–H groups in total. The van der Waals surface area contributed by atoms with Crippen molar-refractivity contribution in [3.8, 4) is 6.07 Å². The molecule has 1 fully saturated rings. The number of nitrogens with zero attached hydrogens (tertiary/aromatic N) is 3. The summed E-state index contributed by atoms with van der Waals surface area (Å²) in [6.45, 7) is 5.79. The number of piperidine rings is 1. The number of carbonyl (C=O) groups excluding carboxylic acids is 1. The van der Waals surface area contributed by atoms with Crippen molar-refractivity contribution in [2.45, 2.75) is 44.6 Å². The van der Waals surface area contributed by atoms with Gasteiger partial charge in [0.05, 0.1) is 22.4 Å². The highest BCUT2D eigenvalue weighted by atomic mass is 79.9. The van der Waals surface area contributed by atoms with Gasteiger partial charge >= 0.3 is 12.1 Å². The maximum absolute atomic E-state index is 13.8. The molecule has 1 saturated heterocycles. The fourth-order valence-electron chi connectivity index (χ4n) is 2.79. The normalized spacial score (nSPS) is 16.7. The van der Waals surface area contributed by atoms with E-state index in [1.54, 1.807) is 20.8 Å². The summed E-state index contributed by atoms with van der Waals surface area (Å²) >= 11 is 3.09. The van der Waals surface area contributed by atoms with E-state index < -0.39 is 34.5 Å². The molecule has 1 aliphatic heterocycles. The topological polar surface area (TPSA) is 104 Å². The molecule has 140 valence electrons. The van der Waals surface area contributed by atoms with Crippen molar-refractivity contribution in [2.75, 3.05) is 13.1 Å². The van der Waals surface area contributed by atoms with Crippen LogP contribution in [0.3, 0.4) is 0 Å². The van der Waals surface area contributed by atoms with Crippen molar-refractivity contribution >= 4 is 28.0 Å². The summed E-state index contributed by atoms with van der Waals surface area (Å²) in [6.07, 6.45) is 0.808. The standard InChI is InChI=1S/C17H19BrFN3O4/c1-16(2,3)26-15(25)22-6-4-17(9-20,5-7-22)13-12(18)11(14(23)24)10(19)8-21-13/h8H,4-7H2,1-3H3,(H,23,24). The van der Waals surface area contributed by atoms with Crippen LogP contribution in [-0.4, -0.2) is 45.7 Å². The van der Waals surface area contributed by atoms with Crippen LogP contribution in [0.15, 0.2) is 10.7 Å². The van der Waals surface area contributed by atoms with Crippen LogP contribution in [0, 0.1) is 17.1 Å². The smallest absolute Gasteiger partial charge is 0.410 e. The van der Waals surface area contributed by atoms with Gasteiger partial charge in [0.1, 0.15) is 16.6 Å². The Morgan fingerprint density at radius 1 is 1.42 bits per heavy atom. The van der Waals surface area contributed by atoms with E-state index in [0.717, 1.165) is 6.20 Å². The maximum atomic E-state index is 13.8. The molecule has 0 saturated carbocycles. The van der Waals surface area contributed by atoms with Gasteiger partial charge in [-0.2, -0.15) is 5.26 Å². The summed E-state index contributed by atoms with van der Waals surface area (Å²) in [5, 5.41) is 18.9. The predicted molar refractivity (Wildman–Crippen MR) is 93.2 cm³/mol. The van der Waals surface area contributed by atoms with E-state index in [4.69, 9.17) is 4.74 Å². The Hall–Kier alpha value is -2.21. The third-order valence-corrected chi connectivity index (χ3v) is 4.90. The van der Waals surface area contributed by atoms with Crippen LogP contribution in [0.5, 0.6) is 0 Å². The zero-order valence-corrected chi connectivity index (χ0v) is 16.3. The molecule has 26 heavy (non-hydrogen) atoms. The second-order valence-corrected chi connectivity index (χ2v) is 7.90. The second-order valence-electron chi connectivity index (χ2n) is 7.11. The van der Waals surface area contributed by atoms with E-state index in [2.05, 4.69) is 27.0 Å². The molecule has 0 aliphatic carbocycles. The highest BCUT2D eigenvalue weighted by molar-refractivity contribution is 9.10. The quantitative estimate of drug-likeness (QED) is 0.774. The van der Waals surface area contributed by atoms with Gasteiger partial charge in [-0.05, 0) is 49.5 Å². The van der Waals surface area contributed by atoms with Gasteiger partial charge in [-0.25, -0.2) is 14.0 Å². The van der Waals surface area contributed by atoms with Gasteiger partial charge in [-0.1, -0.05) is 0 Å². The Morgan fingerprint density at radius 2 is 2.00 bits per heavy atom. The van der Waals surface area contributed by atoms with Crippen molar-refractivity contribution in [1.29, 1.82) is 5.26 Å². The third kappa shape index (κ3) is 3.96. The fourth-order valence-corrected chi connectivity index (χ4v) is 3.64. The first-order valence-corrected chi connectivity index (χ1v) is 8.77. The molecular weight excluding hydrogens is 409 g/mol. The van der Waals surface area contributed by atoms with Crippen molar-refractivity contribution in [2.24, 2.45) is 0 Å². The summed E-state index contributed by atoms with van der Waals surface area (Å²) in [5.41, 5.74) is -2.13. The zero-order valence-electron chi connectivity index (χ0n) is 14.7. The number of carboxylic acid groups (broad SMARTS) is 1. The highest BCUT2D eigenvalue weighted by Gasteiger charge is 2.42. The molecule has 0 radical (unpaired) electrons. The Bertz CT molecular complexity index is 777. The van der Waals surface area contributed by atoms with Gasteiger partial charge in [-0.3, -0.25) is 4.98 Å². The van der Waals surface area contributed by atoms with Crippen LogP contribution in [0.25, 0.3) is 0 Å². The first kappa shape index (κ1) is 20.1. The molecule has 0 bridgehead atoms. The van der Waals surface area contributed by atoms with Crippen LogP contribution in [0.1, 0.15) is 49.7 Å². The molecule has 1 aromatic rings. The van der Waals surface area contributed by atoms with E-state index in [-0.39, 0.29) is 36.1 Å². The molecule has 2 rings (SSSR count). The van der Waals surface area contributed by atoms with Crippen molar-refractivity contribution in [3.05, 3.63) is 27.7 Å². The lowest BCUT2D eigenvalue weighted by Crippen LogP contribution is -2.46. The third-order valence-electron chi connectivity index (χ3n) is 4.12. The first-order valence-electron chi connectivity index (χ1n) is 7.98. The Morgan fingerprint density at radius 3 is 2.46 bits per heavy atom. The minimum atomic E-state index is -1.45. The molecule has 2 heterocycles. The minimum absolute atomic E-state index is 0.0442. The van der Waals surface area contributed by atoms with E-state index in [1.807, 2.05) is 0 Å². The molecule has 9 heteroatoms. The van der Waals surface area contributed by atoms with Gasteiger partial charge in [-0.15, -0.1) is 0 Å². The predicted octanol–water partition coefficient (Wildman–Crippen LogP) is 3.47. The van der Waals surface area contributed by atoms with Gasteiger partial charge in [0.2, 0.25) is 0 Å². The molecule has 0 aromatic carbocycles. The van der Waals surface area contributed by atoms with E-state index in [0.29, 0.717) is 0 Å². The average molecular weight is 428 g/mol. The number of aromatic nitrogens is 1. The van der Waals surface area contributed by atoms with Crippen LogP contribution < -0.4 is 0 Å². The lowest BCUT2D eigenvalue weighted by atomic mass is 9.76. The number of amides is 1. The Balaban J connectivity index is 2.28. The van der Waals surface area contributed by atoms with Gasteiger partial charge < -0.3 is 14.7 Å². The molecule has 0 atom stereocenters. The summed E-state index contributed by atoms with van der Waals surface area (Å²) in [6, 6.07) is 2.18. The molecule has 0 spiro atoms. The number of ether oxygens (including phenoxy) is 1. The van der Waals surface area contributed by atoms with Gasteiger partial charge in [0.25, 0.3) is 0 Å². The van der Waals surface area contributed by atoms with Crippen molar-refractivity contribution in [3.63, 3.8) is 0 Å². The lowest BCUT2D eigenvalue weighted by Gasteiger charge is -2.37. The van der Waals surface area contributed by atoms with Crippen LogP contribution in [-0.2, 0) is 10.2 Å². The number of pyridine rings is 1. The summed E-state index contributed by atoms with van der Waals surface area (Å²) < 4.78 is 19.1. The summed E-state index contributed by atoms with van der Waals surface area (Å²) in [4.78, 5) is 28.9. The lowest BCUT2D eigenvalue weighted by molar-refractivity contribution is 0.0183. The van der Waals surface area contributed by atoms with Crippen molar-refractivity contribution in [1.82, 2.24) is 9.88 Å². The minimum Gasteiger partial charge on any atom is -0.478 e. The number of halogens is 2. The van der Waals surface area contributed by atoms with E-state index >= 15 is 0 Å². The van der Waals surface area contributed by atoms with Crippen molar-refractivity contribution < 1.29 is 23.8 Å².